The molecule has 4 heteroatoms. The first-order valence-electron chi connectivity index (χ1n) is 5.37. The Labute approximate surface area is 95.1 Å². The summed E-state index contributed by atoms with van der Waals surface area (Å²) >= 11 is 0. The lowest BCUT2D eigenvalue weighted by atomic mass is 10.2. The molecule has 0 atom stereocenters. The Morgan fingerprint density at radius 1 is 1.19 bits per heavy atom. The van der Waals surface area contributed by atoms with Crippen molar-refractivity contribution in [3.63, 3.8) is 0 Å². The van der Waals surface area contributed by atoms with Crippen LogP contribution in [-0.2, 0) is 13.1 Å². The van der Waals surface area contributed by atoms with Gasteiger partial charge in [-0.1, -0.05) is 6.07 Å². The standard InChI is InChI=1S/C12H16N4/c1-9-3-4-12(14-5-9)8-13-6-11-7-15-16-10(11)2/h3-5,7,13H,6,8H2,1-2H3,(H,15,16). The lowest BCUT2D eigenvalue weighted by Crippen LogP contribution is -2.13. The van der Waals surface area contributed by atoms with E-state index in [1.165, 1.54) is 11.1 Å². The molecule has 0 fully saturated rings. The van der Waals surface area contributed by atoms with Gasteiger partial charge in [-0.3, -0.25) is 10.1 Å². The number of hydrogen-bond donors (Lipinski definition) is 2. The maximum Gasteiger partial charge on any atom is 0.0541 e. The smallest absolute Gasteiger partial charge is 0.0541 e. The number of nitrogens with zero attached hydrogens (tertiary/aromatic N) is 2. The highest BCUT2D eigenvalue weighted by Crippen LogP contribution is 2.02. The fraction of sp³-hybridized carbons (Fsp3) is 0.333. The van der Waals surface area contributed by atoms with Gasteiger partial charge in [-0.15, -0.1) is 0 Å². The Hall–Kier alpha value is -1.68. The molecule has 0 amide bonds. The molecule has 2 rings (SSSR count). The van der Waals surface area contributed by atoms with Gasteiger partial charge in [0, 0.05) is 30.5 Å². The second-order valence-corrected chi connectivity index (χ2v) is 3.95. The number of aryl methyl sites for hydroxylation is 2. The molecule has 0 unspecified atom stereocenters. The van der Waals surface area contributed by atoms with E-state index in [-0.39, 0.29) is 0 Å². The first-order valence-corrected chi connectivity index (χ1v) is 5.37. The Morgan fingerprint density at radius 3 is 2.69 bits per heavy atom. The van der Waals surface area contributed by atoms with Crippen LogP contribution < -0.4 is 5.32 Å². The normalized spacial score (nSPS) is 10.6. The first-order chi connectivity index (χ1) is 7.75. The van der Waals surface area contributed by atoms with Crippen LogP contribution in [0.25, 0.3) is 0 Å². The van der Waals surface area contributed by atoms with Crippen LogP contribution in [0.4, 0.5) is 0 Å². The van der Waals surface area contributed by atoms with Gasteiger partial charge < -0.3 is 5.32 Å². The molecule has 2 aromatic rings. The van der Waals surface area contributed by atoms with E-state index >= 15 is 0 Å². The highest BCUT2D eigenvalue weighted by Gasteiger charge is 1.99. The van der Waals surface area contributed by atoms with Crippen molar-refractivity contribution in [3.05, 3.63) is 47.0 Å². The number of hydrogen-bond acceptors (Lipinski definition) is 3. The molecule has 0 radical (unpaired) electrons. The molecule has 2 heterocycles. The third-order valence-electron chi connectivity index (χ3n) is 2.53. The van der Waals surface area contributed by atoms with Crippen molar-refractivity contribution in [1.29, 1.82) is 0 Å². The summed E-state index contributed by atoms with van der Waals surface area (Å²) in [6, 6.07) is 4.12. The van der Waals surface area contributed by atoms with Crippen molar-refractivity contribution in [2.45, 2.75) is 26.9 Å². The summed E-state index contributed by atoms with van der Waals surface area (Å²) in [6.07, 6.45) is 3.74. The Balaban J connectivity index is 1.84. The van der Waals surface area contributed by atoms with Crippen LogP contribution >= 0.6 is 0 Å². The van der Waals surface area contributed by atoms with Gasteiger partial charge in [-0.25, -0.2) is 0 Å². The summed E-state index contributed by atoms with van der Waals surface area (Å²) in [4.78, 5) is 4.33. The van der Waals surface area contributed by atoms with E-state index in [0.29, 0.717) is 0 Å². The monoisotopic (exact) mass is 216 g/mol. The summed E-state index contributed by atoms with van der Waals surface area (Å²) in [5, 5.41) is 10.2. The number of nitrogens with one attached hydrogen (secondary N) is 2. The van der Waals surface area contributed by atoms with Gasteiger partial charge in [-0.05, 0) is 25.5 Å². The van der Waals surface area contributed by atoms with E-state index in [0.717, 1.165) is 24.5 Å². The number of pyridine rings is 1. The summed E-state index contributed by atoms with van der Waals surface area (Å²) < 4.78 is 0. The number of aromatic amines is 1. The second kappa shape index (κ2) is 4.90. The van der Waals surface area contributed by atoms with Crippen molar-refractivity contribution < 1.29 is 0 Å². The molecule has 2 N–H and O–H groups in total. The number of aromatic nitrogens is 3. The predicted octanol–water partition coefficient (Wildman–Crippen LogP) is 1.71. The fourth-order valence-electron chi connectivity index (χ4n) is 1.48. The Kier molecular flexibility index (Phi) is 3.31. The summed E-state index contributed by atoms with van der Waals surface area (Å²) in [5.74, 6) is 0. The Bertz CT molecular complexity index is 444. The van der Waals surface area contributed by atoms with Crippen LogP contribution in [0.2, 0.25) is 0 Å². The van der Waals surface area contributed by atoms with E-state index in [1.54, 1.807) is 0 Å². The molecule has 0 aliphatic heterocycles. The molecule has 0 aliphatic rings. The van der Waals surface area contributed by atoms with Crippen LogP contribution in [0.15, 0.2) is 24.5 Å². The average molecular weight is 216 g/mol. The molecule has 16 heavy (non-hydrogen) atoms. The molecule has 0 bridgehead atoms. The molecule has 0 saturated heterocycles. The molecular weight excluding hydrogens is 200 g/mol. The maximum absolute atomic E-state index is 4.33. The van der Waals surface area contributed by atoms with Gasteiger partial charge in [0.15, 0.2) is 0 Å². The molecule has 0 aliphatic carbocycles. The van der Waals surface area contributed by atoms with E-state index in [9.17, 15) is 0 Å². The van der Waals surface area contributed by atoms with Crippen molar-refractivity contribution in [2.75, 3.05) is 0 Å². The molecule has 2 aromatic heterocycles. The number of H-pyrrole nitrogens is 1. The van der Waals surface area contributed by atoms with Crippen LogP contribution in [0, 0.1) is 13.8 Å². The first kappa shape index (κ1) is 10.8. The third kappa shape index (κ3) is 2.67. The van der Waals surface area contributed by atoms with Gasteiger partial charge in [0.05, 0.1) is 11.9 Å². The zero-order valence-corrected chi connectivity index (χ0v) is 9.62. The third-order valence-corrected chi connectivity index (χ3v) is 2.53. The van der Waals surface area contributed by atoms with Gasteiger partial charge in [0.2, 0.25) is 0 Å². The molecule has 4 nitrogen and oxygen atoms in total. The minimum Gasteiger partial charge on any atom is -0.307 e. The zero-order chi connectivity index (χ0) is 11.4. The lowest BCUT2D eigenvalue weighted by Gasteiger charge is -2.03. The van der Waals surface area contributed by atoms with Gasteiger partial charge >= 0.3 is 0 Å². The van der Waals surface area contributed by atoms with Gasteiger partial charge in [-0.2, -0.15) is 5.10 Å². The molecule has 0 saturated carbocycles. The van der Waals surface area contributed by atoms with E-state index < -0.39 is 0 Å². The quantitative estimate of drug-likeness (QED) is 0.818. The second-order valence-electron chi connectivity index (χ2n) is 3.95. The van der Waals surface area contributed by atoms with Crippen LogP contribution in [0.1, 0.15) is 22.5 Å². The number of rotatable bonds is 4. The van der Waals surface area contributed by atoms with Crippen molar-refractivity contribution in [2.24, 2.45) is 0 Å². The average Bonchev–Trinajstić information content (AvgIpc) is 2.68. The van der Waals surface area contributed by atoms with Crippen molar-refractivity contribution >= 4 is 0 Å². The van der Waals surface area contributed by atoms with Crippen molar-refractivity contribution in [1.82, 2.24) is 20.5 Å². The van der Waals surface area contributed by atoms with Crippen LogP contribution in [-0.4, -0.2) is 15.2 Å². The van der Waals surface area contributed by atoms with E-state index in [2.05, 4.69) is 26.6 Å². The van der Waals surface area contributed by atoms with Crippen LogP contribution in [0.5, 0.6) is 0 Å². The summed E-state index contributed by atoms with van der Waals surface area (Å²) in [5.41, 5.74) is 4.57. The van der Waals surface area contributed by atoms with E-state index in [1.807, 2.05) is 32.3 Å². The molecule has 0 spiro atoms. The minimum absolute atomic E-state index is 0.783. The van der Waals surface area contributed by atoms with Crippen molar-refractivity contribution in [3.8, 4) is 0 Å². The highest BCUT2D eigenvalue weighted by atomic mass is 15.1. The fourth-order valence-corrected chi connectivity index (χ4v) is 1.48. The van der Waals surface area contributed by atoms with E-state index in [4.69, 9.17) is 0 Å². The van der Waals surface area contributed by atoms with Crippen LogP contribution in [0.3, 0.4) is 0 Å². The highest BCUT2D eigenvalue weighted by molar-refractivity contribution is 5.15. The summed E-state index contributed by atoms with van der Waals surface area (Å²) in [7, 11) is 0. The largest absolute Gasteiger partial charge is 0.307 e. The molecule has 0 aromatic carbocycles. The molecule has 84 valence electrons. The maximum atomic E-state index is 4.33. The molecular formula is C12H16N4. The topological polar surface area (TPSA) is 53.6 Å². The van der Waals surface area contributed by atoms with Gasteiger partial charge in [0.1, 0.15) is 0 Å². The zero-order valence-electron chi connectivity index (χ0n) is 9.62. The summed E-state index contributed by atoms with van der Waals surface area (Å²) in [6.45, 7) is 5.66. The SMILES string of the molecule is Cc1ccc(CNCc2cn[nH]c2C)nc1. The van der Waals surface area contributed by atoms with Gasteiger partial charge in [0.25, 0.3) is 0 Å². The minimum atomic E-state index is 0.783. The Morgan fingerprint density at radius 2 is 2.06 bits per heavy atom. The predicted molar refractivity (Wildman–Crippen MR) is 62.8 cm³/mol. The lowest BCUT2D eigenvalue weighted by molar-refractivity contribution is 0.677.